The van der Waals surface area contributed by atoms with E-state index in [1.54, 1.807) is 11.9 Å². The van der Waals surface area contributed by atoms with Crippen molar-refractivity contribution in [3.63, 3.8) is 0 Å². The number of nitrogens with zero attached hydrogens (tertiary/aromatic N) is 2. The number of nitrogens with one attached hydrogen (secondary N) is 3. The number of anilines is 1. The summed E-state index contributed by atoms with van der Waals surface area (Å²) in [5.74, 6) is 0.732. The minimum atomic E-state index is -0.0389. The molecule has 0 aliphatic carbocycles. The number of halogens is 1. The highest BCUT2D eigenvalue weighted by molar-refractivity contribution is 14.0. The number of amides is 2. The Balaban J connectivity index is 0.00000300. The second-order valence-corrected chi connectivity index (χ2v) is 7.42. The lowest BCUT2D eigenvalue weighted by atomic mass is 10.2. The van der Waals surface area contributed by atoms with Crippen molar-refractivity contribution >= 4 is 58.8 Å². The first-order valence-electron chi connectivity index (χ1n) is 9.31. The van der Waals surface area contributed by atoms with Gasteiger partial charge >= 0.3 is 0 Å². The topological polar surface area (TPSA) is 85.8 Å². The predicted molar refractivity (Wildman–Crippen MR) is 128 cm³/mol. The minimum absolute atomic E-state index is 0. The normalized spacial score (nSPS) is 16.3. The first-order chi connectivity index (χ1) is 13.7. The van der Waals surface area contributed by atoms with Gasteiger partial charge in [-0.25, -0.2) is 0 Å². The third-order valence-corrected chi connectivity index (χ3v) is 5.30. The molecule has 1 saturated heterocycles. The van der Waals surface area contributed by atoms with E-state index in [2.05, 4.69) is 20.9 Å². The molecule has 2 amide bonds. The highest BCUT2D eigenvalue weighted by Crippen LogP contribution is 2.20. The average molecular weight is 527 g/mol. The van der Waals surface area contributed by atoms with Gasteiger partial charge in [-0.2, -0.15) is 0 Å². The SMILES string of the molecule is CN=C(NCCCNC(=O)c1cccs1)NC1CC(=O)N(c2ccccc2)C1.I. The van der Waals surface area contributed by atoms with Crippen LogP contribution in [0.1, 0.15) is 22.5 Å². The summed E-state index contributed by atoms with van der Waals surface area (Å²) in [7, 11) is 1.71. The molecule has 7 nitrogen and oxygen atoms in total. The van der Waals surface area contributed by atoms with Gasteiger partial charge in [0.2, 0.25) is 5.91 Å². The molecule has 9 heteroatoms. The molecule has 1 atom stereocenters. The van der Waals surface area contributed by atoms with E-state index in [0.29, 0.717) is 32.0 Å². The third kappa shape index (κ3) is 6.70. The van der Waals surface area contributed by atoms with Crippen molar-refractivity contribution in [2.45, 2.75) is 18.9 Å². The first kappa shape index (κ1) is 23.1. The maximum Gasteiger partial charge on any atom is 0.261 e. The van der Waals surface area contributed by atoms with Crippen molar-refractivity contribution < 1.29 is 9.59 Å². The van der Waals surface area contributed by atoms with Gasteiger partial charge in [0.1, 0.15) is 0 Å². The first-order valence-corrected chi connectivity index (χ1v) is 10.2. The van der Waals surface area contributed by atoms with Gasteiger partial charge in [0.15, 0.2) is 5.96 Å². The Bertz CT molecular complexity index is 814. The van der Waals surface area contributed by atoms with Gasteiger partial charge in [-0.1, -0.05) is 24.3 Å². The number of carbonyl (C=O) groups is 2. The molecule has 156 valence electrons. The van der Waals surface area contributed by atoms with Crippen LogP contribution in [-0.4, -0.2) is 50.5 Å². The summed E-state index contributed by atoms with van der Waals surface area (Å²) in [6.45, 7) is 1.87. The summed E-state index contributed by atoms with van der Waals surface area (Å²) in [6, 6.07) is 13.4. The Kier molecular flexibility index (Phi) is 9.39. The number of rotatable bonds is 7. The van der Waals surface area contributed by atoms with Gasteiger partial charge in [0, 0.05) is 38.8 Å². The second-order valence-electron chi connectivity index (χ2n) is 6.47. The van der Waals surface area contributed by atoms with Crippen LogP contribution in [-0.2, 0) is 4.79 Å². The molecular formula is C20H26IN5O2S. The molecule has 29 heavy (non-hydrogen) atoms. The van der Waals surface area contributed by atoms with Crippen LogP contribution in [0.4, 0.5) is 5.69 Å². The van der Waals surface area contributed by atoms with Crippen LogP contribution in [0.3, 0.4) is 0 Å². The van der Waals surface area contributed by atoms with Crippen molar-refractivity contribution in [3.05, 3.63) is 52.7 Å². The summed E-state index contributed by atoms with van der Waals surface area (Å²) in [4.78, 5) is 30.9. The summed E-state index contributed by atoms with van der Waals surface area (Å²) >= 11 is 1.43. The number of para-hydroxylation sites is 1. The standard InChI is InChI=1S/C20H25N5O2S.HI/c1-21-20(23-11-6-10-22-19(27)17-9-5-12-28-17)24-15-13-18(26)25(14-15)16-7-3-2-4-8-16;/h2-5,7-9,12,15H,6,10-11,13-14H2,1H3,(H,22,27)(H2,21,23,24);1H. The Morgan fingerprint density at radius 2 is 1.93 bits per heavy atom. The molecule has 0 radical (unpaired) electrons. The third-order valence-electron chi connectivity index (χ3n) is 4.43. The Morgan fingerprint density at radius 1 is 1.17 bits per heavy atom. The zero-order valence-electron chi connectivity index (χ0n) is 16.3. The fourth-order valence-corrected chi connectivity index (χ4v) is 3.68. The molecule has 3 rings (SSSR count). The summed E-state index contributed by atoms with van der Waals surface area (Å²) < 4.78 is 0. The quantitative estimate of drug-likeness (QED) is 0.224. The summed E-state index contributed by atoms with van der Waals surface area (Å²) in [6.07, 6.45) is 1.21. The highest BCUT2D eigenvalue weighted by atomic mass is 127. The Hall–Kier alpha value is -2.14. The van der Waals surface area contributed by atoms with Gasteiger partial charge in [0.05, 0.1) is 10.9 Å². The maximum absolute atomic E-state index is 12.3. The van der Waals surface area contributed by atoms with Gasteiger partial charge < -0.3 is 20.9 Å². The van der Waals surface area contributed by atoms with Crippen LogP contribution in [0.2, 0.25) is 0 Å². The molecule has 1 aliphatic heterocycles. The Labute approximate surface area is 192 Å². The van der Waals surface area contributed by atoms with E-state index in [1.807, 2.05) is 47.8 Å². The summed E-state index contributed by atoms with van der Waals surface area (Å²) in [5.41, 5.74) is 0.918. The van der Waals surface area contributed by atoms with E-state index >= 15 is 0 Å². The van der Waals surface area contributed by atoms with E-state index < -0.39 is 0 Å². The molecule has 3 N–H and O–H groups in total. The van der Waals surface area contributed by atoms with Gasteiger partial charge in [-0.15, -0.1) is 35.3 Å². The fourth-order valence-electron chi connectivity index (χ4n) is 3.04. The number of carbonyl (C=O) groups excluding carboxylic acids is 2. The van der Waals surface area contributed by atoms with Crippen molar-refractivity contribution in [1.29, 1.82) is 0 Å². The van der Waals surface area contributed by atoms with E-state index in [0.717, 1.165) is 17.0 Å². The molecule has 0 bridgehead atoms. The van der Waals surface area contributed by atoms with Crippen LogP contribution in [0.15, 0.2) is 52.8 Å². The largest absolute Gasteiger partial charge is 0.356 e. The average Bonchev–Trinajstić information content (AvgIpc) is 3.37. The van der Waals surface area contributed by atoms with Crippen molar-refractivity contribution in [2.24, 2.45) is 4.99 Å². The molecule has 1 aliphatic rings. The second kappa shape index (κ2) is 11.8. The van der Waals surface area contributed by atoms with Crippen LogP contribution in [0, 0.1) is 0 Å². The van der Waals surface area contributed by atoms with Crippen molar-refractivity contribution in [3.8, 4) is 0 Å². The van der Waals surface area contributed by atoms with E-state index in [4.69, 9.17) is 0 Å². The van der Waals surface area contributed by atoms with Crippen molar-refractivity contribution in [2.75, 3.05) is 31.6 Å². The molecule has 1 aromatic carbocycles. The zero-order valence-corrected chi connectivity index (χ0v) is 19.4. The van der Waals surface area contributed by atoms with Gasteiger partial charge in [-0.3, -0.25) is 14.6 Å². The molecule has 2 aromatic rings. The van der Waals surface area contributed by atoms with E-state index in [9.17, 15) is 9.59 Å². The number of aliphatic imine (C=N–C) groups is 1. The molecular weight excluding hydrogens is 501 g/mol. The lowest BCUT2D eigenvalue weighted by molar-refractivity contribution is -0.117. The van der Waals surface area contributed by atoms with E-state index in [-0.39, 0.29) is 41.8 Å². The predicted octanol–water partition coefficient (Wildman–Crippen LogP) is 2.46. The monoisotopic (exact) mass is 527 g/mol. The van der Waals surface area contributed by atoms with Crippen LogP contribution in [0.5, 0.6) is 0 Å². The minimum Gasteiger partial charge on any atom is -0.356 e. The maximum atomic E-state index is 12.3. The number of thiophene rings is 1. The molecule has 1 aromatic heterocycles. The number of benzene rings is 1. The van der Waals surface area contributed by atoms with Crippen LogP contribution in [0.25, 0.3) is 0 Å². The van der Waals surface area contributed by atoms with Gasteiger partial charge in [0.25, 0.3) is 5.91 Å². The lowest BCUT2D eigenvalue weighted by Gasteiger charge is -2.19. The molecule has 0 spiro atoms. The Morgan fingerprint density at radius 3 is 2.62 bits per heavy atom. The van der Waals surface area contributed by atoms with Crippen LogP contribution >= 0.6 is 35.3 Å². The van der Waals surface area contributed by atoms with Crippen LogP contribution < -0.4 is 20.9 Å². The summed E-state index contributed by atoms with van der Waals surface area (Å²) in [5, 5.41) is 11.3. The van der Waals surface area contributed by atoms with E-state index in [1.165, 1.54) is 11.3 Å². The number of guanidine groups is 1. The molecule has 0 saturated carbocycles. The number of hydrogen-bond donors (Lipinski definition) is 3. The zero-order chi connectivity index (χ0) is 19.8. The fraction of sp³-hybridized carbons (Fsp3) is 0.350. The highest BCUT2D eigenvalue weighted by Gasteiger charge is 2.30. The lowest BCUT2D eigenvalue weighted by Crippen LogP contribution is -2.45. The molecule has 2 heterocycles. The number of hydrogen-bond acceptors (Lipinski definition) is 4. The van der Waals surface area contributed by atoms with Crippen molar-refractivity contribution in [1.82, 2.24) is 16.0 Å². The smallest absolute Gasteiger partial charge is 0.261 e. The molecule has 1 unspecified atom stereocenters. The molecule has 1 fully saturated rings. The van der Waals surface area contributed by atoms with Gasteiger partial charge in [-0.05, 0) is 30.0 Å².